The van der Waals surface area contributed by atoms with Gasteiger partial charge in [-0.25, -0.2) is 8.78 Å². The molecule has 104 valence electrons. The Labute approximate surface area is 111 Å². The van der Waals surface area contributed by atoms with E-state index in [1.165, 1.54) is 12.8 Å². The van der Waals surface area contributed by atoms with E-state index in [0.29, 0.717) is 6.54 Å². The molecule has 0 aromatic heterocycles. The van der Waals surface area contributed by atoms with Crippen molar-refractivity contribution in [2.45, 2.75) is 25.8 Å². The first-order valence-electron chi connectivity index (χ1n) is 6.55. The Kier molecular flexibility index (Phi) is 4.47. The lowest BCUT2D eigenvalue weighted by Crippen LogP contribution is -2.40. The van der Waals surface area contributed by atoms with Gasteiger partial charge in [0.05, 0.1) is 5.56 Å². The number of carbonyl (C=O) groups is 1. The van der Waals surface area contributed by atoms with E-state index in [1.54, 1.807) is 0 Å². The molecule has 0 saturated carbocycles. The van der Waals surface area contributed by atoms with Crippen LogP contribution in [0.2, 0.25) is 0 Å². The number of halogens is 2. The van der Waals surface area contributed by atoms with Gasteiger partial charge >= 0.3 is 0 Å². The number of rotatable bonds is 4. The van der Waals surface area contributed by atoms with Crippen LogP contribution in [0.4, 0.5) is 8.78 Å². The van der Waals surface area contributed by atoms with Crippen molar-refractivity contribution in [1.82, 2.24) is 10.2 Å². The normalized spacial score (nSPS) is 17.4. The van der Waals surface area contributed by atoms with Crippen molar-refractivity contribution in [3.63, 3.8) is 0 Å². The minimum Gasteiger partial charge on any atom is -0.350 e. The number of nitrogens with one attached hydrogen (secondary N) is 1. The molecule has 1 atom stereocenters. The minimum atomic E-state index is -0.701. The number of amides is 1. The van der Waals surface area contributed by atoms with Crippen molar-refractivity contribution in [3.8, 4) is 0 Å². The first kappa shape index (κ1) is 13.9. The Morgan fingerprint density at radius 2 is 2.05 bits per heavy atom. The summed E-state index contributed by atoms with van der Waals surface area (Å²) in [7, 11) is 0. The van der Waals surface area contributed by atoms with E-state index in [0.717, 1.165) is 31.3 Å². The van der Waals surface area contributed by atoms with Crippen LogP contribution in [0.5, 0.6) is 0 Å². The maximum atomic E-state index is 13.4. The summed E-state index contributed by atoms with van der Waals surface area (Å²) < 4.78 is 26.4. The second-order valence-corrected chi connectivity index (χ2v) is 4.93. The fourth-order valence-corrected chi connectivity index (χ4v) is 2.32. The zero-order valence-electron chi connectivity index (χ0n) is 11.0. The second kappa shape index (κ2) is 6.10. The molecule has 1 heterocycles. The SMILES string of the molecule is C[C@H](CNC(=O)c1cc(F)ccc1F)N1CCCC1. The average molecular weight is 268 g/mol. The van der Waals surface area contributed by atoms with Crippen molar-refractivity contribution in [2.24, 2.45) is 0 Å². The van der Waals surface area contributed by atoms with Crippen LogP contribution in [0.1, 0.15) is 30.1 Å². The topological polar surface area (TPSA) is 32.3 Å². The highest BCUT2D eigenvalue weighted by Crippen LogP contribution is 2.12. The van der Waals surface area contributed by atoms with E-state index in [9.17, 15) is 13.6 Å². The summed E-state index contributed by atoms with van der Waals surface area (Å²) in [5, 5.41) is 2.66. The van der Waals surface area contributed by atoms with Crippen molar-refractivity contribution in [3.05, 3.63) is 35.4 Å². The molecule has 1 N–H and O–H groups in total. The Morgan fingerprint density at radius 1 is 1.37 bits per heavy atom. The van der Waals surface area contributed by atoms with Crippen molar-refractivity contribution >= 4 is 5.91 Å². The molecule has 1 aliphatic heterocycles. The van der Waals surface area contributed by atoms with Crippen LogP contribution in [0, 0.1) is 11.6 Å². The van der Waals surface area contributed by atoms with Gasteiger partial charge < -0.3 is 5.32 Å². The standard InChI is InChI=1S/C14H18F2N2O/c1-10(18-6-2-3-7-18)9-17-14(19)12-8-11(15)4-5-13(12)16/h4-5,8,10H,2-3,6-7,9H2,1H3,(H,17,19)/t10-/m1/s1. The molecule has 0 unspecified atom stereocenters. The Bertz CT molecular complexity index is 459. The van der Waals surface area contributed by atoms with Crippen molar-refractivity contribution < 1.29 is 13.6 Å². The molecule has 0 radical (unpaired) electrons. The van der Waals surface area contributed by atoms with Crippen LogP contribution in [-0.4, -0.2) is 36.5 Å². The van der Waals surface area contributed by atoms with Crippen LogP contribution >= 0.6 is 0 Å². The molecule has 1 aliphatic rings. The first-order valence-corrected chi connectivity index (χ1v) is 6.55. The maximum absolute atomic E-state index is 13.4. The molecule has 0 aliphatic carbocycles. The summed E-state index contributed by atoms with van der Waals surface area (Å²) in [6.07, 6.45) is 2.35. The lowest BCUT2D eigenvalue weighted by atomic mass is 10.2. The number of nitrogens with zero attached hydrogens (tertiary/aromatic N) is 1. The molecule has 1 amide bonds. The molecule has 1 aromatic carbocycles. The van der Waals surface area contributed by atoms with E-state index in [2.05, 4.69) is 10.2 Å². The van der Waals surface area contributed by atoms with E-state index >= 15 is 0 Å². The van der Waals surface area contributed by atoms with Gasteiger partial charge in [-0.1, -0.05) is 0 Å². The van der Waals surface area contributed by atoms with Gasteiger partial charge in [-0.05, 0) is 51.1 Å². The summed E-state index contributed by atoms with van der Waals surface area (Å²) in [6.45, 7) is 4.53. The Morgan fingerprint density at radius 3 is 2.74 bits per heavy atom. The summed E-state index contributed by atoms with van der Waals surface area (Å²) in [5.74, 6) is -1.88. The summed E-state index contributed by atoms with van der Waals surface area (Å²) in [5.41, 5.74) is -0.242. The molecule has 1 saturated heterocycles. The average Bonchev–Trinajstić information content (AvgIpc) is 2.92. The van der Waals surface area contributed by atoms with Gasteiger partial charge in [0.15, 0.2) is 0 Å². The van der Waals surface area contributed by atoms with Gasteiger partial charge in [0.1, 0.15) is 11.6 Å². The van der Waals surface area contributed by atoms with Crippen molar-refractivity contribution in [2.75, 3.05) is 19.6 Å². The van der Waals surface area contributed by atoms with E-state index < -0.39 is 17.5 Å². The van der Waals surface area contributed by atoms with Gasteiger partial charge in [-0.3, -0.25) is 9.69 Å². The molecule has 1 fully saturated rings. The van der Waals surface area contributed by atoms with Crippen molar-refractivity contribution in [1.29, 1.82) is 0 Å². The monoisotopic (exact) mass is 268 g/mol. The molecule has 19 heavy (non-hydrogen) atoms. The fraction of sp³-hybridized carbons (Fsp3) is 0.500. The summed E-state index contributed by atoms with van der Waals surface area (Å²) in [4.78, 5) is 14.1. The van der Waals surface area contributed by atoms with Crippen LogP contribution < -0.4 is 5.32 Å². The molecular formula is C14H18F2N2O. The van der Waals surface area contributed by atoms with Gasteiger partial charge in [0.2, 0.25) is 0 Å². The maximum Gasteiger partial charge on any atom is 0.254 e. The zero-order chi connectivity index (χ0) is 13.8. The number of hydrogen-bond donors (Lipinski definition) is 1. The first-order chi connectivity index (χ1) is 9.08. The molecule has 0 spiro atoms. The largest absolute Gasteiger partial charge is 0.350 e. The third kappa shape index (κ3) is 3.50. The Balaban J connectivity index is 1.91. The third-order valence-electron chi connectivity index (χ3n) is 3.50. The Hall–Kier alpha value is -1.49. The fourth-order valence-electron chi connectivity index (χ4n) is 2.32. The molecule has 3 nitrogen and oxygen atoms in total. The molecular weight excluding hydrogens is 250 g/mol. The van der Waals surface area contributed by atoms with E-state index in [1.807, 2.05) is 6.92 Å². The highest BCUT2D eigenvalue weighted by molar-refractivity contribution is 5.94. The van der Waals surface area contributed by atoms with E-state index in [-0.39, 0.29) is 11.6 Å². The third-order valence-corrected chi connectivity index (χ3v) is 3.50. The lowest BCUT2D eigenvalue weighted by molar-refractivity contribution is 0.0936. The van der Waals surface area contributed by atoms with Crippen LogP contribution in [-0.2, 0) is 0 Å². The zero-order valence-corrected chi connectivity index (χ0v) is 11.0. The molecule has 0 bridgehead atoms. The smallest absolute Gasteiger partial charge is 0.254 e. The molecule has 1 aromatic rings. The predicted molar refractivity (Wildman–Crippen MR) is 69.0 cm³/mol. The quantitative estimate of drug-likeness (QED) is 0.907. The second-order valence-electron chi connectivity index (χ2n) is 4.93. The molecule has 2 rings (SSSR count). The van der Waals surface area contributed by atoms with Gasteiger partial charge in [0, 0.05) is 12.6 Å². The number of hydrogen-bond acceptors (Lipinski definition) is 2. The van der Waals surface area contributed by atoms with Crippen LogP contribution in [0.25, 0.3) is 0 Å². The number of benzene rings is 1. The van der Waals surface area contributed by atoms with Crippen LogP contribution in [0.15, 0.2) is 18.2 Å². The highest BCUT2D eigenvalue weighted by Gasteiger charge is 2.19. The van der Waals surface area contributed by atoms with Gasteiger partial charge in [0.25, 0.3) is 5.91 Å². The summed E-state index contributed by atoms with van der Waals surface area (Å²) in [6, 6.07) is 3.10. The van der Waals surface area contributed by atoms with Gasteiger partial charge in [-0.2, -0.15) is 0 Å². The predicted octanol–water partition coefficient (Wildman–Crippen LogP) is 2.18. The molecule has 5 heteroatoms. The minimum absolute atomic E-state index is 0.211. The lowest BCUT2D eigenvalue weighted by Gasteiger charge is -2.23. The number of likely N-dealkylation sites (tertiary alicyclic amines) is 1. The van der Waals surface area contributed by atoms with Crippen LogP contribution in [0.3, 0.4) is 0 Å². The highest BCUT2D eigenvalue weighted by atomic mass is 19.1. The van der Waals surface area contributed by atoms with E-state index in [4.69, 9.17) is 0 Å². The van der Waals surface area contributed by atoms with Gasteiger partial charge in [-0.15, -0.1) is 0 Å². The number of carbonyl (C=O) groups excluding carboxylic acids is 1. The summed E-state index contributed by atoms with van der Waals surface area (Å²) >= 11 is 0.